The molecule has 0 aliphatic rings. The zero-order chi connectivity index (χ0) is 15.2. The fourth-order valence-electron chi connectivity index (χ4n) is 1.66. The summed E-state index contributed by atoms with van der Waals surface area (Å²) in [5.74, 6) is -2.16. The molecule has 0 unspecified atom stereocenters. The second kappa shape index (κ2) is 6.85. The van der Waals surface area contributed by atoms with E-state index in [2.05, 4.69) is 10.6 Å². The average molecular weight is 307 g/mol. The fraction of sp³-hybridized carbons (Fsp3) is 0.0667. The lowest BCUT2D eigenvalue weighted by Gasteiger charge is -2.07. The molecule has 108 valence electrons. The quantitative estimate of drug-likeness (QED) is 0.857. The van der Waals surface area contributed by atoms with Gasteiger partial charge in [-0.15, -0.1) is 0 Å². The number of rotatable bonds is 3. The van der Waals surface area contributed by atoms with Gasteiger partial charge in [0, 0.05) is 17.3 Å². The highest BCUT2D eigenvalue weighted by Crippen LogP contribution is 2.11. The van der Waals surface area contributed by atoms with Crippen molar-refractivity contribution in [3.05, 3.63) is 64.9 Å². The van der Waals surface area contributed by atoms with E-state index in [0.717, 1.165) is 11.6 Å². The molecular formula is C15H12ClFN2O2. The summed E-state index contributed by atoms with van der Waals surface area (Å²) < 4.78 is 13.0. The van der Waals surface area contributed by atoms with Crippen LogP contribution in [0, 0.1) is 5.82 Å². The van der Waals surface area contributed by atoms with E-state index in [1.54, 1.807) is 24.3 Å². The Bertz CT molecular complexity index is 676. The third-order valence-electron chi connectivity index (χ3n) is 2.63. The first-order chi connectivity index (χ1) is 10.0. The third-order valence-corrected chi connectivity index (χ3v) is 2.87. The highest BCUT2D eigenvalue weighted by Gasteiger charge is 2.13. The molecule has 0 saturated heterocycles. The molecule has 0 bridgehead atoms. The van der Waals surface area contributed by atoms with E-state index in [1.165, 1.54) is 18.2 Å². The maximum Gasteiger partial charge on any atom is 0.313 e. The lowest BCUT2D eigenvalue weighted by atomic mass is 10.2. The maximum atomic E-state index is 13.0. The lowest BCUT2D eigenvalue weighted by molar-refractivity contribution is -0.136. The molecule has 6 heteroatoms. The van der Waals surface area contributed by atoms with Crippen LogP contribution in [0.1, 0.15) is 5.56 Å². The van der Waals surface area contributed by atoms with Gasteiger partial charge in [-0.1, -0.05) is 29.8 Å². The molecule has 2 amide bonds. The third kappa shape index (κ3) is 4.57. The molecule has 0 aliphatic heterocycles. The van der Waals surface area contributed by atoms with Crippen LogP contribution >= 0.6 is 11.6 Å². The Morgan fingerprint density at radius 1 is 1.05 bits per heavy atom. The number of carbonyl (C=O) groups is 2. The number of hydrogen-bond acceptors (Lipinski definition) is 2. The standard InChI is InChI=1S/C15H12ClFN2O2/c16-11-4-1-3-10(7-11)9-18-14(20)15(21)19-13-6-2-5-12(17)8-13/h1-8H,9H2,(H,18,20)(H,19,21). The average Bonchev–Trinajstić information content (AvgIpc) is 2.45. The highest BCUT2D eigenvalue weighted by atomic mass is 35.5. The van der Waals surface area contributed by atoms with Crippen LogP contribution in [0.3, 0.4) is 0 Å². The van der Waals surface area contributed by atoms with Crippen LogP contribution in [0.4, 0.5) is 10.1 Å². The Kier molecular flexibility index (Phi) is 4.90. The van der Waals surface area contributed by atoms with Crippen molar-refractivity contribution in [2.24, 2.45) is 0 Å². The van der Waals surface area contributed by atoms with Gasteiger partial charge in [0.2, 0.25) is 0 Å². The zero-order valence-corrected chi connectivity index (χ0v) is 11.7. The first-order valence-corrected chi connectivity index (χ1v) is 6.51. The molecule has 0 heterocycles. The fourth-order valence-corrected chi connectivity index (χ4v) is 1.88. The molecule has 21 heavy (non-hydrogen) atoms. The molecular weight excluding hydrogens is 295 g/mol. The van der Waals surface area contributed by atoms with Gasteiger partial charge in [-0.25, -0.2) is 4.39 Å². The molecule has 0 atom stereocenters. The molecule has 2 aromatic rings. The Labute approximate surface area is 125 Å². The van der Waals surface area contributed by atoms with Crippen LogP contribution < -0.4 is 10.6 Å². The Morgan fingerprint density at radius 2 is 1.81 bits per heavy atom. The predicted octanol–water partition coefficient (Wildman–Crippen LogP) is 2.73. The molecule has 4 nitrogen and oxygen atoms in total. The van der Waals surface area contributed by atoms with Gasteiger partial charge in [-0.3, -0.25) is 9.59 Å². The maximum absolute atomic E-state index is 13.0. The summed E-state index contributed by atoms with van der Waals surface area (Å²) in [6.45, 7) is 0.177. The van der Waals surface area contributed by atoms with Crippen molar-refractivity contribution in [2.75, 3.05) is 5.32 Å². The largest absolute Gasteiger partial charge is 0.344 e. The van der Waals surface area contributed by atoms with Gasteiger partial charge in [-0.2, -0.15) is 0 Å². The second-order valence-electron chi connectivity index (χ2n) is 4.28. The van der Waals surface area contributed by atoms with Gasteiger partial charge in [0.05, 0.1) is 0 Å². The van der Waals surface area contributed by atoms with Crippen LogP contribution in [0.5, 0.6) is 0 Å². The number of carbonyl (C=O) groups excluding carboxylic acids is 2. The summed E-state index contributed by atoms with van der Waals surface area (Å²) in [4.78, 5) is 23.3. The molecule has 0 fully saturated rings. The normalized spacial score (nSPS) is 10.0. The van der Waals surface area contributed by atoms with Crippen molar-refractivity contribution in [1.29, 1.82) is 0 Å². The summed E-state index contributed by atoms with van der Waals surface area (Å²) in [5, 5.41) is 5.32. The van der Waals surface area contributed by atoms with E-state index >= 15 is 0 Å². The van der Waals surface area contributed by atoms with Crippen molar-refractivity contribution in [3.8, 4) is 0 Å². The van der Waals surface area contributed by atoms with E-state index in [9.17, 15) is 14.0 Å². The van der Waals surface area contributed by atoms with Gasteiger partial charge < -0.3 is 10.6 Å². The van der Waals surface area contributed by atoms with Gasteiger partial charge in [0.1, 0.15) is 5.82 Å². The number of amides is 2. The first kappa shape index (κ1) is 15.0. The van der Waals surface area contributed by atoms with Crippen LogP contribution in [0.15, 0.2) is 48.5 Å². The number of hydrogen-bond donors (Lipinski definition) is 2. The Morgan fingerprint density at radius 3 is 2.52 bits per heavy atom. The van der Waals surface area contributed by atoms with Crippen molar-refractivity contribution in [3.63, 3.8) is 0 Å². The molecule has 0 radical (unpaired) electrons. The van der Waals surface area contributed by atoms with Crippen molar-refractivity contribution >= 4 is 29.1 Å². The van der Waals surface area contributed by atoms with E-state index in [0.29, 0.717) is 5.02 Å². The van der Waals surface area contributed by atoms with E-state index in [1.807, 2.05) is 0 Å². The molecule has 0 spiro atoms. The van der Waals surface area contributed by atoms with Crippen LogP contribution in [-0.2, 0) is 16.1 Å². The minimum Gasteiger partial charge on any atom is -0.344 e. The van der Waals surface area contributed by atoms with Crippen molar-refractivity contribution in [1.82, 2.24) is 5.32 Å². The predicted molar refractivity (Wildman–Crippen MR) is 78.3 cm³/mol. The number of benzene rings is 2. The summed E-state index contributed by atoms with van der Waals surface area (Å²) >= 11 is 5.82. The Balaban J connectivity index is 1.89. The first-order valence-electron chi connectivity index (χ1n) is 6.14. The summed E-state index contributed by atoms with van der Waals surface area (Å²) in [5.41, 5.74) is 0.993. The van der Waals surface area contributed by atoms with Gasteiger partial charge in [-0.05, 0) is 35.9 Å². The highest BCUT2D eigenvalue weighted by molar-refractivity contribution is 6.39. The van der Waals surface area contributed by atoms with E-state index in [4.69, 9.17) is 11.6 Å². The van der Waals surface area contributed by atoms with Crippen molar-refractivity contribution < 1.29 is 14.0 Å². The molecule has 0 aromatic heterocycles. The molecule has 2 rings (SSSR count). The van der Waals surface area contributed by atoms with E-state index in [-0.39, 0.29) is 12.2 Å². The molecule has 2 aromatic carbocycles. The summed E-state index contributed by atoms with van der Waals surface area (Å²) in [6, 6.07) is 12.2. The minimum atomic E-state index is -0.859. The zero-order valence-electron chi connectivity index (χ0n) is 10.9. The van der Waals surface area contributed by atoms with Gasteiger partial charge >= 0.3 is 11.8 Å². The summed E-state index contributed by atoms with van der Waals surface area (Å²) in [7, 11) is 0. The molecule has 0 saturated carbocycles. The lowest BCUT2D eigenvalue weighted by Crippen LogP contribution is -2.34. The van der Waals surface area contributed by atoms with Gasteiger partial charge in [0.25, 0.3) is 0 Å². The van der Waals surface area contributed by atoms with Crippen LogP contribution in [-0.4, -0.2) is 11.8 Å². The van der Waals surface area contributed by atoms with Crippen LogP contribution in [0.25, 0.3) is 0 Å². The van der Waals surface area contributed by atoms with Gasteiger partial charge in [0.15, 0.2) is 0 Å². The SMILES string of the molecule is O=C(NCc1cccc(Cl)c1)C(=O)Nc1cccc(F)c1. The molecule has 0 aliphatic carbocycles. The van der Waals surface area contributed by atoms with Crippen molar-refractivity contribution in [2.45, 2.75) is 6.54 Å². The Hall–Kier alpha value is -2.40. The minimum absolute atomic E-state index is 0.177. The second-order valence-corrected chi connectivity index (χ2v) is 4.71. The topological polar surface area (TPSA) is 58.2 Å². The van der Waals surface area contributed by atoms with Crippen LogP contribution in [0.2, 0.25) is 5.02 Å². The van der Waals surface area contributed by atoms with E-state index < -0.39 is 17.6 Å². The number of nitrogens with one attached hydrogen (secondary N) is 2. The smallest absolute Gasteiger partial charge is 0.313 e. The molecule has 2 N–H and O–H groups in total. The number of halogens is 2. The summed E-state index contributed by atoms with van der Waals surface area (Å²) in [6.07, 6.45) is 0. The number of anilines is 1. The monoisotopic (exact) mass is 306 g/mol.